The smallest absolute Gasteiger partial charge is 0.226 e. The van der Waals surface area contributed by atoms with Crippen LogP contribution in [0.1, 0.15) is 12.0 Å². The maximum absolute atomic E-state index is 11.8. The summed E-state index contributed by atoms with van der Waals surface area (Å²) in [6.07, 6.45) is 3.37. The molecule has 3 N–H and O–H groups in total. The fourth-order valence-corrected chi connectivity index (χ4v) is 1.57. The van der Waals surface area contributed by atoms with Gasteiger partial charge in [-0.25, -0.2) is 4.98 Å². The van der Waals surface area contributed by atoms with Crippen molar-refractivity contribution in [2.24, 2.45) is 0 Å². The number of nitrogens with two attached hydrogens (primary N) is 1. The third kappa shape index (κ3) is 2.85. The number of hydrogen-bond donors (Lipinski definition) is 2. The molecule has 94 valence electrons. The highest BCUT2D eigenvalue weighted by Gasteiger charge is 2.06. The SMILES string of the molecule is Cc1c(N)cccc1NC(=O)CCn1cncn1. The highest BCUT2D eigenvalue weighted by Crippen LogP contribution is 2.20. The Balaban J connectivity index is 1.93. The third-order valence-corrected chi connectivity index (χ3v) is 2.68. The molecular weight excluding hydrogens is 230 g/mol. The lowest BCUT2D eigenvalue weighted by Gasteiger charge is -2.09. The summed E-state index contributed by atoms with van der Waals surface area (Å²) in [5, 5.41) is 6.77. The largest absolute Gasteiger partial charge is 0.398 e. The first-order chi connectivity index (χ1) is 8.66. The van der Waals surface area contributed by atoms with E-state index in [1.165, 1.54) is 6.33 Å². The van der Waals surface area contributed by atoms with E-state index in [1.54, 1.807) is 17.1 Å². The molecule has 0 aliphatic rings. The molecule has 0 saturated carbocycles. The Morgan fingerprint density at radius 3 is 3.06 bits per heavy atom. The molecule has 0 bridgehead atoms. The van der Waals surface area contributed by atoms with Crippen molar-refractivity contribution in [1.29, 1.82) is 0 Å². The molecule has 0 fully saturated rings. The van der Waals surface area contributed by atoms with Gasteiger partial charge in [0.25, 0.3) is 0 Å². The minimum atomic E-state index is -0.0702. The number of carbonyl (C=O) groups excluding carboxylic acids is 1. The molecule has 18 heavy (non-hydrogen) atoms. The minimum absolute atomic E-state index is 0.0702. The Labute approximate surface area is 105 Å². The molecule has 6 heteroatoms. The Hall–Kier alpha value is -2.37. The van der Waals surface area contributed by atoms with Crippen molar-refractivity contribution < 1.29 is 4.79 Å². The normalized spacial score (nSPS) is 10.3. The Bertz CT molecular complexity index is 535. The summed E-state index contributed by atoms with van der Waals surface area (Å²) in [6.45, 7) is 2.38. The van der Waals surface area contributed by atoms with Crippen molar-refractivity contribution in [2.75, 3.05) is 11.1 Å². The molecule has 1 aromatic heterocycles. The number of aryl methyl sites for hydroxylation is 1. The Kier molecular flexibility index (Phi) is 3.57. The fraction of sp³-hybridized carbons (Fsp3) is 0.250. The number of amides is 1. The van der Waals surface area contributed by atoms with Gasteiger partial charge in [-0.3, -0.25) is 9.48 Å². The van der Waals surface area contributed by atoms with E-state index in [0.29, 0.717) is 18.7 Å². The second-order valence-electron chi connectivity index (χ2n) is 3.98. The van der Waals surface area contributed by atoms with E-state index in [2.05, 4.69) is 15.4 Å². The number of carbonyl (C=O) groups is 1. The van der Waals surface area contributed by atoms with Gasteiger partial charge in [0, 0.05) is 17.8 Å². The molecule has 0 aliphatic heterocycles. The maximum atomic E-state index is 11.8. The van der Waals surface area contributed by atoms with E-state index in [0.717, 1.165) is 11.3 Å². The van der Waals surface area contributed by atoms with Crippen molar-refractivity contribution in [3.05, 3.63) is 36.4 Å². The standard InChI is InChI=1S/C12H15N5O/c1-9-10(13)3-2-4-11(9)16-12(18)5-6-17-8-14-7-15-17/h2-4,7-8H,5-6,13H2,1H3,(H,16,18). The van der Waals surface area contributed by atoms with Crippen LogP contribution in [-0.2, 0) is 11.3 Å². The van der Waals surface area contributed by atoms with Crippen LogP contribution >= 0.6 is 0 Å². The van der Waals surface area contributed by atoms with Crippen molar-refractivity contribution in [3.63, 3.8) is 0 Å². The number of aromatic nitrogens is 3. The van der Waals surface area contributed by atoms with Gasteiger partial charge < -0.3 is 11.1 Å². The molecule has 0 unspecified atom stereocenters. The molecule has 2 aromatic rings. The van der Waals surface area contributed by atoms with E-state index in [4.69, 9.17) is 5.73 Å². The summed E-state index contributed by atoms with van der Waals surface area (Å²) < 4.78 is 1.62. The lowest BCUT2D eigenvalue weighted by atomic mass is 10.1. The van der Waals surface area contributed by atoms with Crippen molar-refractivity contribution >= 4 is 17.3 Å². The number of rotatable bonds is 4. The molecule has 0 atom stereocenters. The molecule has 0 saturated heterocycles. The van der Waals surface area contributed by atoms with Crippen LogP contribution in [0.3, 0.4) is 0 Å². The number of nitrogens with one attached hydrogen (secondary N) is 1. The van der Waals surface area contributed by atoms with Crippen LogP contribution in [0.5, 0.6) is 0 Å². The maximum Gasteiger partial charge on any atom is 0.226 e. The number of nitrogen functional groups attached to an aromatic ring is 1. The Morgan fingerprint density at radius 2 is 2.33 bits per heavy atom. The average Bonchev–Trinajstić information content (AvgIpc) is 2.86. The molecule has 0 spiro atoms. The highest BCUT2D eigenvalue weighted by atomic mass is 16.1. The lowest BCUT2D eigenvalue weighted by Crippen LogP contribution is -2.15. The summed E-state index contributed by atoms with van der Waals surface area (Å²) in [4.78, 5) is 15.6. The first-order valence-electron chi connectivity index (χ1n) is 5.64. The number of hydrogen-bond acceptors (Lipinski definition) is 4. The van der Waals surface area contributed by atoms with E-state index in [-0.39, 0.29) is 5.91 Å². The van der Waals surface area contributed by atoms with Gasteiger partial charge in [-0.05, 0) is 24.6 Å². The molecule has 1 amide bonds. The zero-order valence-corrected chi connectivity index (χ0v) is 10.1. The molecule has 0 radical (unpaired) electrons. The summed E-state index contributed by atoms with van der Waals surface area (Å²) in [6, 6.07) is 5.45. The lowest BCUT2D eigenvalue weighted by molar-refractivity contribution is -0.116. The topological polar surface area (TPSA) is 85.8 Å². The van der Waals surface area contributed by atoms with E-state index in [1.807, 2.05) is 19.1 Å². The summed E-state index contributed by atoms with van der Waals surface area (Å²) in [5.74, 6) is -0.0702. The summed E-state index contributed by atoms with van der Waals surface area (Å²) in [5.41, 5.74) is 8.07. The third-order valence-electron chi connectivity index (χ3n) is 2.68. The van der Waals surface area contributed by atoms with Gasteiger partial charge >= 0.3 is 0 Å². The molecule has 0 aliphatic carbocycles. The average molecular weight is 245 g/mol. The molecule has 1 aromatic carbocycles. The van der Waals surface area contributed by atoms with E-state index < -0.39 is 0 Å². The first-order valence-corrected chi connectivity index (χ1v) is 5.64. The fourth-order valence-electron chi connectivity index (χ4n) is 1.57. The monoisotopic (exact) mass is 245 g/mol. The predicted molar refractivity (Wildman–Crippen MR) is 68.9 cm³/mol. The van der Waals surface area contributed by atoms with Gasteiger partial charge in [-0.1, -0.05) is 6.07 Å². The van der Waals surface area contributed by atoms with Gasteiger partial charge in [0.05, 0.1) is 6.54 Å². The number of anilines is 2. The van der Waals surface area contributed by atoms with Gasteiger partial charge in [0.15, 0.2) is 0 Å². The van der Waals surface area contributed by atoms with E-state index >= 15 is 0 Å². The van der Waals surface area contributed by atoms with Crippen LogP contribution in [0.25, 0.3) is 0 Å². The van der Waals surface area contributed by atoms with Crippen molar-refractivity contribution in [1.82, 2.24) is 14.8 Å². The second kappa shape index (κ2) is 5.31. The minimum Gasteiger partial charge on any atom is -0.398 e. The van der Waals surface area contributed by atoms with Gasteiger partial charge in [-0.15, -0.1) is 0 Å². The van der Waals surface area contributed by atoms with Crippen LogP contribution in [0.4, 0.5) is 11.4 Å². The predicted octanol–water partition coefficient (Wildman–Crippen LogP) is 1.20. The number of benzene rings is 1. The first kappa shape index (κ1) is 12.1. The zero-order chi connectivity index (χ0) is 13.0. The summed E-state index contributed by atoms with van der Waals surface area (Å²) in [7, 11) is 0. The van der Waals surface area contributed by atoms with Gasteiger partial charge in [-0.2, -0.15) is 5.10 Å². The van der Waals surface area contributed by atoms with Gasteiger partial charge in [0.2, 0.25) is 5.91 Å². The second-order valence-corrected chi connectivity index (χ2v) is 3.98. The van der Waals surface area contributed by atoms with Crippen LogP contribution in [0.2, 0.25) is 0 Å². The van der Waals surface area contributed by atoms with Crippen molar-refractivity contribution in [3.8, 4) is 0 Å². The molecule has 1 heterocycles. The number of nitrogens with zero attached hydrogens (tertiary/aromatic N) is 3. The summed E-state index contributed by atoms with van der Waals surface area (Å²) >= 11 is 0. The molecular formula is C12H15N5O. The van der Waals surface area contributed by atoms with Crippen LogP contribution in [0.15, 0.2) is 30.9 Å². The molecule has 6 nitrogen and oxygen atoms in total. The van der Waals surface area contributed by atoms with Crippen LogP contribution < -0.4 is 11.1 Å². The highest BCUT2D eigenvalue weighted by molar-refractivity contribution is 5.92. The van der Waals surface area contributed by atoms with Gasteiger partial charge in [0.1, 0.15) is 12.7 Å². The van der Waals surface area contributed by atoms with E-state index in [9.17, 15) is 4.79 Å². The molecule has 2 rings (SSSR count). The van der Waals surface area contributed by atoms with Crippen LogP contribution in [0, 0.1) is 6.92 Å². The quantitative estimate of drug-likeness (QED) is 0.792. The zero-order valence-electron chi connectivity index (χ0n) is 10.1. The van der Waals surface area contributed by atoms with Crippen LogP contribution in [-0.4, -0.2) is 20.7 Å². The Morgan fingerprint density at radius 1 is 1.50 bits per heavy atom. The van der Waals surface area contributed by atoms with Crippen molar-refractivity contribution in [2.45, 2.75) is 19.9 Å².